The normalized spacial score (nSPS) is 21.0. The topological polar surface area (TPSA) is 117 Å². The van der Waals surface area contributed by atoms with Crippen molar-refractivity contribution in [1.29, 1.82) is 0 Å². The first-order chi connectivity index (χ1) is 10.7. The largest absolute Gasteiger partial charge is 0.458 e. The molecular weight excluding hydrogens is 324 g/mol. The molecule has 1 N–H and O–H groups in total. The third kappa shape index (κ3) is 8.64. The predicted octanol–water partition coefficient (Wildman–Crippen LogP) is 2.65. The molecule has 23 heavy (non-hydrogen) atoms. The van der Waals surface area contributed by atoms with Gasteiger partial charge in [0, 0.05) is 24.3 Å². The summed E-state index contributed by atoms with van der Waals surface area (Å²) in [6, 6.07) is -0.785. The van der Waals surface area contributed by atoms with Crippen molar-refractivity contribution >= 4 is 23.5 Å². The maximum atomic E-state index is 12.2. The molecule has 1 heterocycles. The Morgan fingerprint density at radius 2 is 2.09 bits per heavy atom. The predicted molar refractivity (Wildman–Crippen MR) is 84.8 cm³/mol. The first kappa shape index (κ1) is 19.5. The molecule has 1 rings (SSSR count). The number of carbonyl (C=O) groups is 2. The van der Waals surface area contributed by atoms with Crippen LogP contribution < -0.4 is 5.32 Å². The van der Waals surface area contributed by atoms with Crippen molar-refractivity contribution in [1.82, 2.24) is 5.32 Å². The summed E-state index contributed by atoms with van der Waals surface area (Å²) in [5, 5.41) is 6.06. The summed E-state index contributed by atoms with van der Waals surface area (Å²) < 4.78 is 10.4. The lowest BCUT2D eigenvalue weighted by Crippen LogP contribution is -2.45. The van der Waals surface area contributed by atoms with Crippen molar-refractivity contribution < 1.29 is 19.1 Å². The second-order valence-electron chi connectivity index (χ2n) is 6.33. The lowest BCUT2D eigenvalue weighted by molar-refractivity contribution is -0.159. The van der Waals surface area contributed by atoms with Gasteiger partial charge in [-0.15, -0.1) is 0 Å². The fourth-order valence-electron chi connectivity index (χ4n) is 1.88. The molecule has 0 aromatic rings. The maximum Gasteiger partial charge on any atom is 0.329 e. The minimum absolute atomic E-state index is 0.246. The monoisotopic (exact) mass is 346 g/mol. The van der Waals surface area contributed by atoms with Crippen molar-refractivity contribution in [2.45, 2.75) is 69.8 Å². The van der Waals surface area contributed by atoms with Crippen LogP contribution in [0.3, 0.4) is 0 Å². The number of hydrogen-bond donors (Lipinski definition) is 1. The van der Waals surface area contributed by atoms with E-state index in [0.717, 1.165) is 0 Å². The quantitative estimate of drug-likeness (QED) is 0.131. The lowest BCUT2D eigenvalue weighted by Gasteiger charge is -2.24. The minimum atomic E-state index is -0.785. The Kier molecular flexibility index (Phi) is 7.61. The van der Waals surface area contributed by atoms with Crippen LogP contribution in [0.1, 0.15) is 46.5 Å². The van der Waals surface area contributed by atoms with E-state index in [4.69, 9.17) is 26.6 Å². The molecule has 130 valence electrons. The molecule has 0 aromatic carbocycles. The third-order valence-electron chi connectivity index (χ3n) is 2.99. The van der Waals surface area contributed by atoms with Gasteiger partial charge in [-0.25, -0.2) is 4.79 Å². The number of epoxide rings is 1. The molecule has 1 fully saturated rings. The summed E-state index contributed by atoms with van der Waals surface area (Å²) in [5.74, 6) is -0.757. The van der Waals surface area contributed by atoms with E-state index >= 15 is 0 Å². The number of esters is 1. The summed E-state index contributed by atoms with van der Waals surface area (Å²) in [4.78, 5) is 26.8. The third-order valence-corrected chi connectivity index (χ3v) is 3.37. The van der Waals surface area contributed by atoms with Gasteiger partial charge in [0.25, 0.3) is 0 Å². The molecule has 9 heteroatoms. The Morgan fingerprint density at radius 3 is 2.61 bits per heavy atom. The summed E-state index contributed by atoms with van der Waals surface area (Å²) in [6.07, 6.45) is 1.47. The van der Waals surface area contributed by atoms with E-state index < -0.39 is 23.2 Å². The van der Waals surface area contributed by atoms with Gasteiger partial charge in [-0.3, -0.25) is 4.79 Å². The molecule has 0 radical (unpaired) electrons. The molecule has 0 saturated carbocycles. The van der Waals surface area contributed by atoms with Crippen LogP contribution in [0.25, 0.3) is 10.4 Å². The zero-order valence-electron chi connectivity index (χ0n) is 13.6. The van der Waals surface area contributed by atoms with Gasteiger partial charge >= 0.3 is 5.97 Å². The lowest BCUT2D eigenvalue weighted by atomic mass is 10.1. The summed E-state index contributed by atoms with van der Waals surface area (Å²) in [6.45, 7) is 5.63. The van der Waals surface area contributed by atoms with Crippen LogP contribution >= 0.6 is 11.6 Å². The number of ether oxygens (including phenoxy) is 2. The van der Waals surface area contributed by atoms with Crippen LogP contribution in [-0.2, 0) is 19.1 Å². The molecule has 1 aliphatic rings. The number of azide groups is 1. The van der Waals surface area contributed by atoms with Crippen molar-refractivity contribution in [3.8, 4) is 0 Å². The van der Waals surface area contributed by atoms with Gasteiger partial charge in [0.1, 0.15) is 17.7 Å². The van der Waals surface area contributed by atoms with Crippen LogP contribution in [0.2, 0.25) is 0 Å². The van der Waals surface area contributed by atoms with E-state index in [1.165, 1.54) is 0 Å². The summed E-state index contributed by atoms with van der Waals surface area (Å²) in [7, 11) is 0. The van der Waals surface area contributed by atoms with E-state index in [0.29, 0.717) is 19.4 Å². The Balaban J connectivity index is 2.46. The average molecular weight is 347 g/mol. The van der Waals surface area contributed by atoms with Crippen LogP contribution in [0.5, 0.6) is 0 Å². The van der Waals surface area contributed by atoms with Gasteiger partial charge in [0.2, 0.25) is 5.91 Å². The molecule has 0 bridgehead atoms. The average Bonchev–Trinajstić information content (AvgIpc) is 3.11. The van der Waals surface area contributed by atoms with Gasteiger partial charge < -0.3 is 14.8 Å². The standard InChI is InChI=1S/C14H23ClN4O4/c1-14(2,3)23-13(21)9(8-10-12(15)22-10)18-11(20)6-4-5-7-17-19-16/h9-10,12H,4-8H2,1-3H3,(H,18,20)/t9-,10?,12?/m0/s1. The zero-order chi connectivity index (χ0) is 17.5. The number of carbonyl (C=O) groups excluding carboxylic acids is 2. The number of rotatable bonds is 9. The number of amides is 1. The van der Waals surface area contributed by atoms with Gasteiger partial charge in [-0.05, 0) is 39.1 Å². The van der Waals surface area contributed by atoms with E-state index in [9.17, 15) is 9.59 Å². The van der Waals surface area contributed by atoms with Crippen LogP contribution in [-0.4, -0.2) is 41.7 Å². The maximum absolute atomic E-state index is 12.2. The van der Waals surface area contributed by atoms with Gasteiger partial charge in [0.15, 0.2) is 5.56 Å². The van der Waals surface area contributed by atoms with Crippen LogP contribution in [0.15, 0.2) is 5.11 Å². The molecule has 2 unspecified atom stereocenters. The van der Waals surface area contributed by atoms with Gasteiger partial charge in [-0.1, -0.05) is 16.7 Å². The first-order valence-electron chi connectivity index (χ1n) is 7.55. The molecule has 0 aliphatic carbocycles. The number of nitrogens with zero attached hydrogens (tertiary/aromatic N) is 3. The van der Waals surface area contributed by atoms with E-state index in [1.807, 2.05) is 0 Å². The zero-order valence-corrected chi connectivity index (χ0v) is 14.4. The van der Waals surface area contributed by atoms with Gasteiger partial charge in [-0.2, -0.15) is 0 Å². The van der Waals surface area contributed by atoms with E-state index in [2.05, 4.69) is 15.3 Å². The molecule has 1 aliphatic heterocycles. The second-order valence-corrected chi connectivity index (χ2v) is 6.76. The fraction of sp³-hybridized carbons (Fsp3) is 0.857. The molecular formula is C14H23ClN4O4. The van der Waals surface area contributed by atoms with Crippen molar-refractivity contribution in [2.75, 3.05) is 6.54 Å². The highest BCUT2D eigenvalue weighted by Gasteiger charge is 2.41. The number of hydrogen-bond acceptors (Lipinski definition) is 5. The highest BCUT2D eigenvalue weighted by Crippen LogP contribution is 2.30. The second kappa shape index (κ2) is 8.96. The number of halogens is 1. The SMILES string of the molecule is CC(C)(C)OC(=O)[C@H](CC1OC1Cl)NC(=O)CCCCN=[N+]=[N-]. The van der Waals surface area contributed by atoms with E-state index in [-0.39, 0.29) is 24.9 Å². The number of alkyl halides is 1. The van der Waals surface area contributed by atoms with Crippen molar-refractivity contribution in [3.63, 3.8) is 0 Å². The van der Waals surface area contributed by atoms with Crippen molar-refractivity contribution in [3.05, 3.63) is 10.4 Å². The molecule has 8 nitrogen and oxygen atoms in total. The Bertz CT molecular complexity index is 474. The van der Waals surface area contributed by atoms with Crippen LogP contribution in [0, 0.1) is 0 Å². The molecule has 1 saturated heterocycles. The smallest absolute Gasteiger partial charge is 0.329 e. The molecule has 0 spiro atoms. The summed E-state index contributed by atoms with van der Waals surface area (Å²) >= 11 is 5.78. The van der Waals surface area contributed by atoms with Crippen molar-refractivity contribution in [2.24, 2.45) is 5.11 Å². The number of nitrogens with one attached hydrogen (secondary N) is 1. The van der Waals surface area contributed by atoms with Crippen LogP contribution in [0.4, 0.5) is 0 Å². The minimum Gasteiger partial charge on any atom is -0.458 e. The fourth-order valence-corrected chi connectivity index (χ4v) is 2.12. The van der Waals surface area contributed by atoms with E-state index in [1.54, 1.807) is 20.8 Å². The Morgan fingerprint density at radius 1 is 1.43 bits per heavy atom. The Labute approximate surface area is 140 Å². The highest BCUT2D eigenvalue weighted by atomic mass is 35.5. The summed E-state index contributed by atoms with van der Waals surface area (Å²) in [5.41, 5.74) is 7.11. The number of unbranched alkanes of at least 4 members (excludes halogenated alkanes) is 1. The molecule has 0 aromatic heterocycles. The highest BCUT2D eigenvalue weighted by molar-refractivity contribution is 6.21. The first-order valence-corrected chi connectivity index (χ1v) is 7.99. The Hall–Kier alpha value is -1.50. The molecule has 1 amide bonds. The van der Waals surface area contributed by atoms with Gasteiger partial charge in [0.05, 0.1) is 0 Å². The molecule has 3 atom stereocenters.